The van der Waals surface area contributed by atoms with E-state index in [9.17, 15) is 13.6 Å². The second kappa shape index (κ2) is 6.56. The molecule has 0 fully saturated rings. The Morgan fingerprint density at radius 1 is 1.43 bits per heavy atom. The molecule has 0 saturated heterocycles. The lowest BCUT2D eigenvalue weighted by atomic mass is 9.49. The van der Waals surface area contributed by atoms with E-state index in [1.807, 2.05) is 6.92 Å². The summed E-state index contributed by atoms with van der Waals surface area (Å²) in [5.74, 6) is -1.77. The molecule has 6 heteroatoms. The smallest absolute Gasteiger partial charge is 0.336 e. The summed E-state index contributed by atoms with van der Waals surface area (Å²) in [4.78, 5) is 11.1. The molecule has 1 aromatic rings. The van der Waals surface area contributed by atoms with Gasteiger partial charge in [0.25, 0.3) is 0 Å². The van der Waals surface area contributed by atoms with Crippen LogP contribution in [0.4, 0.5) is 8.78 Å². The molecule has 1 N–H and O–H groups in total. The van der Waals surface area contributed by atoms with Crippen LogP contribution in [-0.2, 0) is 9.53 Å². The molecule has 3 nitrogen and oxygen atoms in total. The van der Waals surface area contributed by atoms with E-state index in [-0.39, 0.29) is 0 Å². The van der Waals surface area contributed by atoms with E-state index in [1.54, 1.807) is 24.3 Å². The van der Waals surface area contributed by atoms with Gasteiger partial charge in [-0.2, -0.15) is 0 Å². The minimum atomic E-state index is -2.93. The van der Waals surface area contributed by atoms with Crippen LogP contribution in [0.15, 0.2) is 24.3 Å². The maximum atomic E-state index is 14.5. The van der Waals surface area contributed by atoms with E-state index >= 15 is 0 Å². The van der Waals surface area contributed by atoms with Gasteiger partial charge in [0.1, 0.15) is 6.10 Å². The monoisotopic (exact) mass is 296 g/mol. The number of benzene rings is 1. The minimum Gasteiger partial charge on any atom is -0.479 e. The summed E-state index contributed by atoms with van der Waals surface area (Å²) in [6.07, 6.45) is -0.690. The van der Waals surface area contributed by atoms with Crippen LogP contribution >= 0.6 is 0 Å². The Bertz CT molecular complexity index is 511. The van der Waals surface area contributed by atoms with Gasteiger partial charge in [-0.15, -0.1) is 0 Å². The van der Waals surface area contributed by atoms with Crippen molar-refractivity contribution in [2.45, 2.75) is 44.0 Å². The molecule has 0 bridgehead atoms. The number of unbranched alkanes of at least 4 members (excludes halogenated alkanes) is 2. The molecular weight excluding hydrogens is 277 g/mol. The van der Waals surface area contributed by atoms with Gasteiger partial charge in [0, 0.05) is 6.61 Å². The summed E-state index contributed by atoms with van der Waals surface area (Å²) in [5.41, 5.74) is -1.88. The average Bonchev–Trinajstić information content (AvgIpc) is 2.47. The maximum Gasteiger partial charge on any atom is 0.336 e. The third kappa shape index (κ3) is 3.10. The second-order valence-corrected chi connectivity index (χ2v) is 5.44. The van der Waals surface area contributed by atoms with Crippen molar-refractivity contribution in [1.29, 1.82) is 0 Å². The second-order valence-electron chi connectivity index (χ2n) is 5.44. The molecule has 1 aliphatic rings. The fourth-order valence-corrected chi connectivity index (χ4v) is 2.68. The fraction of sp³-hybridized carbons (Fsp3) is 0.533. The predicted octanol–water partition coefficient (Wildman–Crippen LogP) is 2.10. The van der Waals surface area contributed by atoms with Crippen LogP contribution in [0.3, 0.4) is 0 Å². The molecule has 1 aromatic carbocycles. The number of carboxylic acid groups (broad SMARTS) is 1. The first-order chi connectivity index (χ1) is 10.0. The zero-order valence-electron chi connectivity index (χ0n) is 12.0. The standard InChI is InChI=1S/C15H19BF2O3/c1-2-3-6-9-21-12-10-7-4-5-8-11(10)16-15(18,13(12)17)14(19)20/h4-5,7-8,12-13,16H,2-3,6,9H2,1H3,(H,19,20). The Balaban J connectivity index is 2.25. The SMILES string of the molecule is CCCCCOC1c2ccccc2BC(F)(C(=O)O)C1F. The third-order valence-electron chi connectivity index (χ3n) is 3.91. The zero-order chi connectivity index (χ0) is 15.5. The van der Waals surface area contributed by atoms with Crippen molar-refractivity contribution in [3.63, 3.8) is 0 Å². The van der Waals surface area contributed by atoms with Crippen molar-refractivity contribution in [1.82, 2.24) is 0 Å². The number of fused-ring (bicyclic) bond motifs is 1. The summed E-state index contributed by atoms with van der Waals surface area (Å²) >= 11 is 0. The number of alkyl halides is 2. The Morgan fingerprint density at radius 2 is 2.14 bits per heavy atom. The largest absolute Gasteiger partial charge is 0.479 e. The van der Waals surface area contributed by atoms with Gasteiger partial charge in [-0.05, 0) is 12.0 Å². The van der Waals surface area contributed by atoms with Crippen molar-refractivity contribution in [2.75, 3.05) is 6.61 Å². The van der Waals surface area contributed by atoms with Crippen molar-refractivity contribution in [2.24, 2.45) is 0 Å². The number of carboxylic acids is 1. The van der Waals surface area contributed by atoms with Crippen LogP contribution < -0.4 is 5.46 Å². The normalized spacial score (nSPS) is 27.8. The molecule has 2 rings (SSSR count). The van der Waals surface area contributed by atoms with Crippen LogP contribution in [0, 0.1) is 0 Å². The number of carbonyl (C=O) groups is 1. The number of halogens is 2. The number of rotatable bonds is 6. The van der Waals surface area contributed by atoms with Gasteiger partial charge in [0.2, 0.25) is 12.8 Å². The topological polar surface area (TPSA) is 46.5 Å². The lowest BCUT2D eigenvalue weighted by Gasteiger charge is -2.36. The lowest BCUT2D eigenvalue weighted by molar-refractivity contribution is -0.154. The fourth-order valence-electron chi connectivity index (χ4n) is 2.68. The molecule has 0 aromatic heterocycles. The van der Waals surface area contributed by atoms with Crippen molar-refractivity contribution in [3.8, 4) is 0 Å². The van der Waals surface area contributed by atoms with E-state index in [0.717, 1.165) is 19.3 Å². The quantitative estimate of drug-likeness (QED) is 0.646. The molecule has 0 aliphatic carbocycles. The summed E-state index contributed by atoms with van der Waals surface area (Å²) in [5, 5.41) is 9.05. The van der Waals surface area contributed by atoms with Crippen LogP contribution in [0.25, 0.3) is 0 Å². The number of hydrogen-bond donors (Lipinski definition) is 1. The van der Waals surface area contributed by atoms with E-state index in [0.29, 0.717) is 17.6 Å². The van der Waals surface area contributed by atoms with Crippen molar-refractivity contribution in [3.05, 3.63) is 29.8 Å². The van der Waals surface area contributed by atoms with Crippen LogP contribution in [-0.4, -0.2) is 36.7 Å². The van der Waals surface area contributed by atoms with E-state index in [4.69, 9.17) is 9.84 Å². The molecule has 3 unspecified atom stereocenters. The number of hydrogen-bond acceptors (Lipinski definition) is 2. The van der Waals surface area contributed by atoms with Gasteiger partial charge in [-0.3, -0.25) is 0 Å². The molecule has 0 saturated carbocycles. The Hall–Kier alpha value is -1.43. The molecule has 1 heterocycles. The molecule has 21 heavy (non-hydrogen) atoms. The van der Waals surface area contributed by atoms with Crippen LogP contribution in [0.2, 0.25) is 0 Å². The van der Waals surface area contributed by atoms with Crippen molar-refractivity contribution < 1.29 is 23.4 Å². The number of ether oxygens (including phenoxy) is 1. The molecule has 3 atom stereocenters. The molecule has 0 spiro atoms. The van der Waals surface area contributed by atoms with Gasteiger partial charge in [0.05, 0.1) is 0 Å². The first-order valence-electron chi connectivity index (χ1n) is 7.26. The third-order valence-corrected chi connectivity index (χ3v) is 3.91. The van der Waals surface area contributed by atoms with Gasteiger partial charge >= 0.3 is 5.97 Å². The van der Waals surface area contributed by atoms with E-state index in [2.05, 4.69) is 0 Å². The summed E-state index contributed by atoms with van der Waals surface area (Å²) < 4.78 is 34.5. The molecule has 0 amide bonds. The van der Waals surface area contributed by atoms with Gasteiger partial charge < -0.3 is 9.84 Å². The van der Waals surface area contributed by atoms with E-state index < -0.39 is 31.1 Å². The summed E-state index contributed by atoms with van der Waals surface area (Å²) in [6, 6.07) is 6.71. The molecule has 1 aliphatic heterocycles. The lowest BCUT2D eigenvalue weighted by Crippen LogP contribution is -2.59. The van der Waals surface area contributed by atoms with Gasteiger partial charge in [0.15, 0.2) is 6.17 Å². The highest BCUT2D eigenvalue weighted by atomic mass is 19.2. The summed E-state index contributed by atoms with van der Waals surface area (Å²) in [7, 11) is -0.464. The van der Waals surface area contributed by atoms with Crippen LogP contribution in [0.5, 0.6) is 0 Å². The minimum absolute atomic E-state index is 0.295. The average molecular weight is 296 g/mol. The molecule has 0 radical (unpaired) electrons. The highest BCUT2D eigenvalue weighted by molar-refractivity contribution is 6.62. The molecule has 114 valence electrons. The Kier molecular flexibility index (Phi) is 4.98. The first-order valence-corrected chi connectivity index (χ1v) is 7.26. The predicted molar refractivity (Wildman–Crippen MR) is 77.8 cm³/mol. The highest BCUT2D eigenvalue weighted by Crippen LogP contribution is 2.36. The maximum absolute atomic E-state index is 14.5. The van der Waals surface area contributed by atoms with E-state index in [1.165, 1.54) is 0 Å². The molecular formula is C15H19BF2O3. The highest BCUT2D eigenvalue weighted by Gasteiger charge is 2.56. The van der Waals surface area contributed by atoms with Crippen molar-refractivity contribution >= 4 is 18.7 Å². The Morgan fingerprint density at radius 3 is 2.81 bits per heavy atom. The number of aliphatic carboxylic acids is 1. The zero-order valence-corrected chi connectivity index (χ0v) is 12.0. The van der Waals surface area contributed by atoms with Gasteiger partial charge in [-0.1, -0.05) is 49.5 Å². The first kappa shape index (κ1) is 16.0. The van der Waals surface area contributed by atoms with Gasteiger partial charge in [-0.25, -0.2) is 13.6 Å². The Labute approximate surface area is 123 Å². The summed E-state index contributed by atoms with van der Waals surface area (Å²) in [6.45, 7) is 2.33. The van der Waals surface area contributed by atoms with Crippen LogP contribution in [0.1, 0.15) is 37.9 Å².